The van der Waals surface area contributed by atoms with E-state index in [-0.39, 0.29) is 12.5 Å². The van der Waals surface area contributed by atoms with Crippen LogP contribution >= 0.6 is 11.3 Å². The number of nitrogens with one attached hydrogen (secondary N) is 1. The van der Waals surface area contributed by atoms with E-state index in [0.29, 0.717) is 12.4 Å². The lowest BCUT2D eigenvalue weighted by Gasteiger charge is -2.11. The number of amides is 1. The fourth-order valence-corrected chi connectivity index (χ4v) is 3.53. The predicted molar refractivity (Wildman–Crippen MR) is 106 cm³/mol. The van der Waals surface area contributed by atoms with Crippen LogP contribution in [0.1, 0.15) is 5.56 Å². The van der Waals surface area contributed by atoms with E-state index in [9.17, 15) is 4.79 Å². The van der Waals surface area contributed by atoms with Crippen molar-refractivity contribution < 1.29 is 9.53 Å². The lowest BCUT2D eigenvalue weighted by atomic mass is 10.2. The van der Waals surface area contributed by atoms with Gasteiger partial charge in [-0.3, -0.25) is 4.79 Å². The second-order valence-corrected chi connectivity index (χ2v) is 6.69. The molecular weight excluding hydrogens is 360 g/mol. The Morgan fingerprint density at radius 1 is 1.19 bits per heavy atom. The molecule has 0 aliphatic heterocycles. The zero-order valence-corrected chi connectivity index (χ0v) is 15.6. The van der Waals surface area contributed by atoms with Crippen molar-refractivity contribution in [1.29, 1.82) is 0 Å². The molecule has 0 bridgehead atoms. The number of fused-ring (bicyclic) bond motifs is 1. The van der Waals surface area contributed by atoms with Gasteiger partial charge in [0, 0.05) is 17.5 Å². The number of hydrogen-bond acceptors (Lipinski definition) is 5. The van der Waals surface area contributed by atoms with Gasteiger partial charge in [-0.2, -0.15) is 0 Å². The van der Waals surface area contributed by atoms with Crippen molar-refractivity contribution in [2.24, 2.45) is 0 Å². The third-order valence-corrected chi connectivity index (χ3v) is 4.87. The van der Waals surface area contributed by atoms with Crippen LogP contribution in [-0.4, -0.2) is 27.6 Å². The summed E-state index contributed by atoms with van der Waals surface area (Å²) >= 11 is 1.50. The molecule has 4 rings (SSSR count). The number of thiazole rings is 1. The molecule has 1 amide bonds. The lowest BCUT2D eigenvalue weighted by molar-refractivity contribution is -0.121. The van der Waals surface area contributed by atoms with Gasteiger partial charge in [-0.25, -0.2) is 9.97 Å². The van der Waals surface area contributed by atoms with Gasteiger partial charge in [0.2, 0.25) is 5.91 Å². The van der Waals surface area contributed by atoms with Crippen LogP contribution in [0.3, 0.4) is 0 Å². The number of methoxy groups -OCH3 is 1. The minimum absolute atomic E-state index is 0.0967. The number of ether oxygens (including phenoxy) is 1. The quantitative estimate of drug-likeness (QED) is 0.558. The summed E-state index contributed by atoms with van der Waals surface area (Å²) in [7, 11) is 1.62. The van der Waals surface area contributed by atoms with Gasteiger partial charge in [0.15, 0.2) is 5.82 Å². The topological polar surface area (TPSA) is 69.0 Å². The van der Waals surface area contributed by atoms with Crippen LogP contribution in [0.4, 0.5) is 0 Å². The first-order valence-electron chi connectivity index (χ1n) is 8.48. The van der Waals surface area contributed by atoms with Crippen LogP contribution < -0.4 is 10.1 Å². The molecule has 27 heavy (non-hydrogen) atoms. The summed E-state index contributed by atoms with van der Waals surface area (Å²) in [5.41, 5.74) is 5.23. The van der Waals surface area contributed by atoms with Crippen molar-refractivity contribution in [3.05, 3.63) is 65.0 Å². The molecule has 0 saturated carbocycles. The van der Waals surface area contributed by atoms with Gasteiger partial charge in [-0.1, -0.05) is 30.3 Å². The molecule has 136 valence electrons. The largest absolute Gasteiger partial charge is 0.496 e. The molecule has 0 spiro atoms. The summed E-state index contributed by atoms with van der Waals surface area (Å²) in [5.74, 6) is 1.36. The molecule has 0 fully saturated rings. The van der Waals surface area contributed by atoms with E-state index in [1.54, 1.807) is 12.6 Å². The summed E-state index contributed by atoms with van der Waals surface area (Å²) in [6, 6.07) is 15.4. The predicted octanol–water partition coefficient (Wildman–Crippen LogP) is 3.48. The van der Waals surface area contributed by atoms with Crippen molar-refractivity contribution >= 4 is 28.3 Å². The maximum Gasteiger partial charge on any atom is 0.240 e. The van der Waals surface area contributed by atoms with Gasteiger partial charge >= 0.3 is 0 Å². The fourth-order valence-electron chi connectivity index (χ4n) is 3.00. The second-order valence-electron chi connectivity index (χ2n) is 5.97. The highest BCUT2D eigenvalue weighted by Gasteiger charge is 2.16. The highest BCUT2D eigenvalue weighted by Crippen LogP contribution is 2.24. The van der Waals surface area contributed by atoms with Gasteiger partial charge in [-0.05, 0) is 18.2 Å². The fraction of sp³-hybridized carbons (Fsp3) is 0.150. The molecule has 0 saturated heterocycles. The third kappa shape index (κ3) is 3.54. The SMILES string of the molecule is COc1ccccc1CNC(=O)Cn1c(-c2cscn2)nc2ccccc21. The number of nitrogens with zero attached hydrogens (tertiary/aromatic N) is 3. The lowest BCUT2D eigenvalue weighted by Crippen LogP contribution is -2.27. The Morgan fingerprint density at radius 2 is 2.00 bits per heavy atom. The van der Waals surface area contributed by atoms with Crippen LogP contribution in [0.25, 0.3) is 22.6 Å². The van der Waals surface area contributed by atoms with E-state index in [4.69, 9.17) is 4.74 Å². The molecule has 2 aromatic heterocycles. The summed E-state index contributed by atoms with van der Waals surface area (Å²) < 4.78 is 7.24. The third-order valence-electron chi connectivity index (χ3n) is 4.29. The number of carbonyl (C=O) groups is 1. The molecule has 2 aromatic carbocycles. The maximum absolute atomic E-state index is 12.6. The summed E-state index contributed by atoms with van der Waals surface area (Å²) in [6.07, 6.45) is 0. The van der Waals surface area contributed by atoms with E-state index in [2.05, 4.69) is 15.3 Å². The first-order chi connectivity index (χ1) is 13.3. The number of aromatic nitrogens is 3. The molecule has 7 heteroatoms. The average molecular weight is 378 g/mol. The molecular formula is C20H18N4O2S. The number of carbonyl (C=O) groups excluding carboxylic acids is 1. The van der Waals surface area contributed by atoms with Crippen molar-refractivity contribution in [2.45, 2.75) is 13.1 Å². The van der Waals surface area contributed by atoms with Gasteiger partial charge in [0.05, 0.1) is 23.7 Å². The van der Waals surface area contributed by atoms with Crippen LogP contribution in [0.2, 0.25) is 0 Å². The minimum Gasteiger partial charge on any atom is -0.496 e. The smallest absolute Gasteiger partial charge is 0.240 e. The number of rotatable bonds is 6. The first kappa shape index (κ1) is 17.2. The Morgan fingerprint density at radius 3 is 2.81 bits per heavy atom. The summed E-state index contributed by atoms with van der Waals surface area (Å²) in [4.78, 5) is 21.6. The van der Waals surface area contributed by atoms with Gasteiger partial charge < -0.3 is 14.6 Å². The number of para-hydroxylation sites is 3. The number of benzene rings is 2. The molecule has 4 aromatic rings. The Balaban J connectivity index is 1.57. The molecule has 1 N–H and O–H groups in total. The van der Waals surface area contributed by atoms with Crippen LogP contribution in [0.15, 0.2) is 59.4 Å². The van der Waals surface area contributed by atoms with Gasteiger partial charge in [0.1, 0.15) is 18.0 Å². The molecule has 2 heterocycles. The van der Waals surface area contributed by atoms with E-state index < -0.39 is 0 Å². The monoisotopic (exact) mass is 378 g/mol. The highest BCUT2D eigenvalue weighted by atomic mass is 32.1. The Hall–Kier alpha value is -3.19. The summed E-state index contributed by atoms with van der Waals surface area (Å²) in [5, 5.41) is 4.90. The molecule has 0 radical (unpaired) electrons. The van der Waals surface area contributed by atoms with E-state index >= 15 is 0 Å². The zero-order chi connectivity index (χ0) is 18.6. The standard InChI is InChI=1S/C20H18N4O2S/c1-26-18-9-5-2-6-14(18)10-21-19(25)11-24-17-8-4-3-7-15(17)23-20(24)16-12-27-13-22-16/h2-9,12-13H,10-11H2,1H3,(H,21,25). The van der Waals surface area contributed by atoms with E-state index in [1.165, 1.54) is 11.3 Å². The van der Waals surface area contributed by atoms with Crippen LogP contribution in [0.5, 0.6) is 5.75 Å². The molecule has 0 unspecified atom stereocenters. The van der Waals surface area contributed by atoms with E-state index in [0.717, 1.165) is 28.0 Å². The summed E-state index contributed by atoms with van der Waals surface area (Å²) in [6.45, 7) is 0.573. The number of hydrogen-bond donors (Lipinski definition) is 1. The van der Waals surface area contributed by atoms with E-state index in [1.807, 2.05) is 58.5 Å². The van der Waals surface area contributed by atoms with Gasteiger partial charge in [0.25, 0.3) is 0 Å². The Labute approximate surface area is 160 Å². The number of imidazole rings is 1. The highest BCUT2D eigenvalue weighted by molar-refractivity contribution is 7.07. The maximum atomic E-state index is 12.6. The van der Waals surface area contributed by atoms with Crippen molar-refractivity contribution in [2.75, 3.05) is 7.11 Å². The minimum atomic E-state index is -0.0967. The van der Waals surface area contributed by atoms with Crippen molar-refractivity contribution in [3.8, 4) is 17.3 Å². The molecule has 0 atom stereocenters. The van der Waals surface area contributed by atoms with Crippen LogP contribution in [0, 0.1) is 0 Å². The molecule has 6 nitrogen and oxygen atoms in total. The molecule has 0 aliphatic rings. The van der Waals surface area contributed by atoms with Crippen molar-refractivity contribution in [1.82, 2.24) is 19.9 Å². The van der Waals surface area contributed by atoms with Gasteiger partial charge in [-0.15, -0.1) is 11.3 Å². The normalized spacial score (nSPS) is 10.9. The second kappa shape index (κ2) is 7.59. The molecule has 0 aliphatic carbocycles. The van der Waals surface area contributed by atoms with Crippen LogP contribution in [-0.2, 0) is 17.9 Å². The first-order valence-corrected chi connectivity index (χ1v) is 9.43. The average Bonchev–Trinajstić information content (AvgIpc) is 3.35. The zero-order valence-electron chi connectivity index (χ0n) is 14.8. The van der Waals surface area contributed by atoms with Crippen molar-refractivity contribution in [3.63, 3.8) is 0 Å². The Kier molecular flexibility index (Phi) is 4.84. The Bertz CT molecular complexity index is 1070.